The van der Waals surface area contributed by atoms with Crippen LogP contribution in [0, 0.1) is 46.3 Å². The molecule has 5 aliphatic carbocycles. The molecule has 0 aromatic rings. The average molecular weight is 495 g/mol. The Balaban J connectivity index is 1.19. The van der Waals surface area contributed by atoms with Crippen LogP contribution < -0.4 is 5.32 Å². The maximum absolute atomic E-state index is 14.1. The summed E-state index contributed by atoms with van der Waals surface area (Å²) in [6.07, 6.45) is 20.4. The molecule has 0 radical (unpaired) electrons. The maximum Gasteiger partial charge on any atom is 0.223 e. The van der Waals surface area contributed by atoms with Crippen molar-refractivity contribution in [2.24, 2.45) is 51.3 Å². The first-order valence-electron chi connectivity index (χ1n) is 15.8. The molecule has 5 fully saturated rings. The Morgan fingerprint density at radius 1 is 0.861 bits per heavy atom. The van der Waals surface area contributed by atoms with Crippen LogP contribution in [0.25, 0.3) is 0 Å². The third-order valence-electron chi connectivity index (χ3n) is 12.6. The van der Waals surface area contributed by atoms with E-state index >= 15 is 0 Å². The monoisotopic (exact) mass is 494 g/mol. The van der Waals surface area contributed by atoms with Crippen LogP contribution in [-0.4, -0.2) is 30.0 Å². The molecule has 4 heteroatoms. The van der Waals surface area contributed by atoms with Crippen molar-refractivity contribution in [1.29, 1.82) is 0 Å². The van der Waals surface area contributed by atoms with E-state index in [2.05, 4.69) is 19.2 Å². The highest BCUT2D eigenvalue weighted by molar-refractivity contribution is 6.07. The standard InChI is InChI=1S/C32H50N2O2/c1-31-18-16-26-24(20-33-28-19-23(35)15-17-32(26,28)2)25(31)13-14-27(31)30(36)34-29(21-9-5-3-6-10-21)22-11-7-4-8-12-22/h21-22,24-27,29H,3-20H2,1-2H3,(H,34,36)/t24?,25?,26?,27-,31+,32-/m1/s1. The number of hydrogen-bond donors (Lipinski definition) is 1. The van der Waals surface area contributed by atoms with Gasteiger partial charge in [-0.2, -0.15) is 0 Å². The summed E-state index contributed by atoms with van der Waals surface area (Å²) in [5, 5.41) is 3.78. The fourth-order valence-corrected chi connectivity index (χ4v) is 10.5. The van der Waals surface area contributed by atoms with Crippen LogP contribution in [0.5, 0.6) is 0 Å². The van der Waals surface area contributed by atoms with Gasteiger partial charge in [0.25, 0.3) is 0 Å². The lowest BCUT2D eigenvalue weighted by molar-refractivity contribution is -0.133. The molecule has 36 heavy (non-hydrogen) atoms. The van der Waals surface area contributed by atoms with Crippen LogP contribution in [0.3, 0.4) is 0 Å². The number of Topliss-reactive ketones (excluding diaryl/α,β-unsaturated/α-hetero) is 1. The summed E-state index contributed by atoms with van der Waals surface area (Å²) in [4.78, 5) is 31.4. The molecule has 3 unspecified atom stereocenters. The molecule has 0 bridgehead atoms. The van der Waals surface area contributed by atoms with E-state index in [0.717, 1.165) is 25.8 Å². The van der Waals surface area contributed by atoms with Crippen LogP contribution >= 0.6 is 0 Å². The molecule has 4 nitrogen and oxygen atoms in total. The van der Waals surface area contributed by atoms with Gasteiger partial charge in [0.2, 0.25) is 5.91 Å². The van der Waals surface area contributed by atoms with E-state index in [-0.39, 0.29) is 16.7 Å². The summed E-state index contributed by atoms with van der Waals surface area (Å²) >= 11 is 0. The lowest BCUT2D eigenvalue weighted by Gasteiger charge is -2.56. The van der Waals surface area contributed by atoms with E-state index in [4.69, 9.17) is 4.99 Å². The summed E-state index contributed by atoms with van der Waals surface area (Å²) in [5.41, 5.74) is 1.44. The van der Waals surface area contributed by atoms with Gasteiger partial charge in [-0.1, -0.05) is 52.4 Å². The minimum absolute atomic E-state index is 0.114. The van der Waals surface area contributed by atoms with Crippen molar-refractivity contribution in [3.8, 4) is 0 Å². The van der Waals surface area contributed by atoms with E-state index in [1.807, 2.05) is 0 Å². The molecule has 6 aliphatic rings. The lowest BCUT2D eigenvalue weighted by Crippen LogP contribution is -2.56. The van der Waals surface area contributed by atoms with Crippen LogP contribution in [0.2, 0.25) is 0 Å². The van der Waals surface area contributed by atoms with Gasteiger partial charge in [-0.05, 0) is 92.8 Å². The van der Waals surface area contributed by atoms with Crippen LogP contribution in [-0.2, 0) is 9.59 Å². The number of carbonyl (C=O) groups excluding carboxylic acids is 2. The Labute approximate surface area is 219 Å². The molecule has 0 aromatic heterocycles. The lowest BCUT2D eigenvalue weighted by atomic mass is 9.49. The molecule has 5 saturated carbocycles. The molecule has 0 aromatic carbocycles. The normalized spacial score (nSPS) is 41.9. The van der Waals surface area contributed by atoms with Crippen molar-refractivity contribution in [1.82, 2.24) is 5.32 Å². The van der Waals surface area contributed by atoms with Crippen molar-refractivity contribution in [2.45, 2.75) is 129 Å². The molecule has 1 amide bonds. The molecule has 1 aliphatic heterocycles. The summed E-state index contributed by atoms with van der Waals surface area (Å²) in [6.45, 7) is 5.77. The Bertz CT molecular complexity index is 867. The number of rotatable bonds is 4. The predicted molar refractivity (Wildman–Crippen MR) is 145 cm³/mol. The number of aliphatic imine (C=N–C) groups is 1. The Hall–Kier alpha value is -1.19. The number of fused-ring (bicyclic) bond motifs is 5. The maximum atomic E-state index is 14.1. The highest BCUT2D eigenvalue weighted by Gasteiger charge is 2.60. The van der Waals surface area contributed by atoms with Crippen molar-refractivity contribution in [3.05, 3.63) is 0 Å². The fraction of sp³-hybridized carbons (Fsp3) is 0.906. The third-order valence-corrected chi connectivity index (χ3v) is 12.6. The number of hydrogen-bond acceptors (Lipinski definition) is 3. The summed E-state index contributed by atoms with van der Waals surface area (Å²) in [5.74, 6) is 4.20. The molecular formula is C32H50N2O2. The molecular weight excluding hydrogens is 444 g/mol. The molecule has 1 N–H and O–H groups in total. The molecule has 0 spiro atoms. The van der Waals surface area contributed by atoms with Gasteiger partial charge in [0.1, 0.15) is 5.78 Å². The van der Waals surface area contributed by atoms with Gasteiger partial charge in [0.15, 0.2) is 0 Å². The summed E-state index contributed by atoms with van der Waals surface area (Å²) in [6, 6.07) is 0.414. The van der Waals surface area contributed by atoms with Crippen molar-refractivity contribution in [3.63, 3.8) is 0 Å². The number of carbonyl (C=O) groups is 2. The second-order valence-electron chi connectivity index (χ2n) is 14.3. The Morgan fingerprint density at radius 2 is 1.53 bits per heavy atom. The van der Waals surface area contributed by atoms with Gasteiger partial charge in [-0.25, -0.2) is 0 Å². The van der Waals surface area contributed by atoms with Gasteiger partial charge in [0, 0.05) is 42.5 Å². The van der Waals surface area contributed by atoms with Gasteiger partial charge in [-0.15, -0.1) is 0 Å². The summed E-state index contributed by atoms with van der Waals surface area (Å²) in [7, 11) is 0. The van der Waals surface area contributed by atoms with E-state index in [0.29, 0.717) is 53.7 Å². The largest absolute Gasteiger partial charge is 0.353 e. The van der Waals surface area contributed by atoms with Gasteiger partial charge < -0.3 is 5.32 Å². The van der Waals surface area contributed by atoms with Gasteiger partial charge >= 0.3 is 0 Å². The zero-order valence-electron chi connectivity index (χ0n) is 23.0. The van der Waals surface area contributed by atoms with Crippen molar-refractivity contribution >= 4 is 17.4 Å². The van der Waals surface area contributed by atoms with Gasteiger partial charge in [0.05, 0.1) is 0 Å². The van der Waals surface area contributed by atoms with Crippen LogP contribution in [0.15, 0.2) is 4.99 Å². The number of nitrogens with one attached hydrogen (secondary N) is 1. The first-order valence-corrected chi connectivity index (χ1v) is 15.8. The third kappa shape index (κ3) is 4.21. The second kappa shape index (κ2) is 9.84. The molecule has 6 rings (SSSR count). The number of nitrogens with zero attached hydrogens (tertiary/aromatic N) is 1. The minimum atomic E-state index is 0.114. The first-order chi connectivity index (χ1) is 17.4. The molecule has 200 valence electrons. The van der Waals surface area contributed by atoms with E-state index in [9.17, 15) is 9.59 Å². The van der Waals surface area contributed by atoms with E-state index in [1.165, 1.54) is 89.2 Å². The number of ketones is 1. The van der Waals surface area contributed by atoms with E-state index < -0.39 is 0 Å². The molecule has 1 heterocycles. The van der Waals surface area contributed by atoms with Gasteiger partial charge in [-0.3, -0.25) is 14.6 Å². The van der Waals surface area contributed by atoms with Crippen molar-refractivity contribution in [2.75, 3.05) is 6.54 Å². The minimum Gasteiger partial charge on any atom is -0.353 e. The number of amides is 1. The Morgan fingerprint density at radius 3 is 2.19 bits per heavy atom. The van der Waals surface area contributed by atoms with Crippen LogP contribution in [0.1, 0.15) is 123 Å². The highest BCUT2D eigenvalue weighted by Crippen LogP contribution is 2.63. The van der Waals surface area contributed by atoms with E-state index in [1.54, 1.807) is 0 Å². The zero-order valence-corrected chi connectivity index (χ0v) is 23.0. The van der Waals surface area contributed by atoms with Crippen molar-refractivity contribution < 1.29 is 9.59 Å². The second-order valence-corrected chi connectivity index (χ2v) is 14.3. The van der Waals surface area contributed by atoms with Crippen LogP contribution in [0.4, 0.5) is 0 Å². The first kappa shape index (κ1) is 25.1. The zero-order chi connectivity index (χ0) is 24.9. The predicted octanol–water partition coefficient (Wildman–Crippen LogP) is 6.90. The quantitative estimate of drug-likeness (QED) is 0.462. The smallest absolute Gasteiger partial charge is 0.223 e. The average Bonchev–Trinajstić information content (AvgIpc) is 3.26. The SMILES string of the molecule is C[C@]12CCC(=O)CC1=NCC1C2CC[C@@]2(C)C1CC[C@@H]2C(=O)NC(C1CCCCC1)C1CCCCC1. The topological polar surface area (TPSA) is 58.5 Å². The summed E-state index contributed by atoms with van der Waals surface area (Å²) < 4.78 is 0. The highest BCUT2D eigenvalue weighted by atomic mass is 16.2. The fourth-order valence-electron chi connectivity index (χ4n) is 10.5. The Kier molecular flexibility index (Phi) is 6.86. The molecule has 6 atom stereocenters. The molecule has 0 saturated heterocycles.